The zero-order valence-corrected chi connectivity index (χ0v) is 20.3. The maximum Gasteiger partial charge on any atom is 0.258 e. The number of hydrogen-bond acceptors (Lipinski definition) is 7. The fourth-order valence-corrected chi connectivity index (χ4v) is 4.79. The third-order valence-corrected chi connectivity index (χ3v) is 6.34. The summed E-state index contributed by atoms with van der Waals surface area (Å²) in [6.45, 7) is 4.58. The van der Waals surface area contributed by atoms with Crippen LogP contribution in [0.15, 0.2) is 59.4 Å². The van der Waals surface area contributed by atoms with Crippen molar-refractivity contribution >= 4 is 21.2 Å². The molecule has 0 unspecified atom stereocenters. The highest BCUT2D eigenvalue weighted by Gasteiger charge is 2.22. The van der Waals surface area contributed by atoms with E-state index in [0.717, 1.165) is 33.6 Å². The van der Waals surface area contributed by atoms with Crippen LogP contribution in [0.3, 0.4) is 0 Å². The summed E-state index contributed by atoms with van der Waals surface area (Å²) in [7, 11) is -2.33. The quantitative estimate of drug-likeness (QED) is 0.426. The number of imidazole rings is 1. The van der Waals surface area contributed by atoms with Crippen molar-refractivity contribution in [3.05, 3.63) is 71.7 Å². The van der Waals surface area contributed by atoms with Gasteiger partial charge in [-0.25, -0.2) is 19.2 Å². The fourth-order valence-electron chi connectivity index (χ4n) is 4.17. The van der Waals surface area contributed by atoms with Gasteiger partial charge in [-0.2, -0.15) is 4.36 Å². The van der Waals surface area contributed by atoms with Crippen molar-refractivity contribution in [1.82, 2.24) is 19.5 Å². The number of nitrogen functional groups attached to an aromatic ring is 1. The Morgan fingerprint density at radius 1 is 1.15 bits per heavy atom. The highest BCUT2D eigenvalue weighted by molar-refractivity contribution is 7.92. The van der Waals surface area contributed by atoms with E-state index < -0.39 is 9.73 Å². The second kappa shape index (κ2) is 8.25. The van der Waals surface area contributed by atoms with E-state index in [9.17, 15) is 4.21 Å². The van der Waals surface area contributed by atoms with Crippen LogP contribution in [0.2, 0.25) is 0 Å². The average molecular weight is 475 g/mol. The number of aromatic nitrogens is 4. The number of fused-ring (bicyclic) bond motifs is 7. The minimum Gasteiger partial charge on any atom is -0.467 e. The maximum absolute atomic E-state index is 12.3. The Bertz CT molecular complexity index is 1530. The molecule has 1 aliphatic rings. The van der Waals surface area contributed by atoms with E-state index in [0.29, 0.717) is 17.9 Å². The third-order valence-electron chi connectivity index (χ3n) is 5.69. The van der Waals surface area contributed by atoms with E-state index in [1.165, 1.54) is 0 Å². The van der Waals surface area contributed by atoms with Crippen LogP contribution in [0, 0.1) is 6.92 Å². The molecule has 0 fully saturated rings. The lowest BCUT2D eigenvalue weighted by Gasteiger charge is -2.21. The molecule has 0 saturated carbocycles. The molecule has 9 heteroatoms. The van der Waals surface area contributed by atoms with E-state index >= 15 is 0 Å². The molecule has 0 aliphatic carbocycles. The molecule has 2 bridgehead atoms. The average Bonchev–Trinajstić information content (AvgIpc) is 3.22. The van der Waals surface area contributed by atoms with E-state index in [2.05, 4.69) is 37.1 Å². The van der Waals surface area contributed by atoms with Crippen molar-refractivity contribution in [3.8, 4) is 28.5 Å². The molecular weight excluding hydrogens is 448 g/mol. The topological polar surface area (TPSA) is 108 Å². The van der Waals surface area contributed by atoms with Gasteiger partial charge in [-0.3, -0.25) is 0 Å². The lowest BCUT2D eigenvalue weighted by molar-refractivity contribution is 0.219. The maximum atomic E-state index is 12.3. The lowest BCUT2D eigenvalue weighted by Crippen LogP contribution is -2.12. The Balaban J connectivity index is 1.78. The molecule has 0 spiro atoms. The van der Waals surface area contributed by atoms with Crippen LogP contribution in [0.25, 0.3) is 22.6 Å². The monoisotopic (exact) mass is 474 g/mol. The number of benzene rings is 2. The summed E-state index contributed by atoms with van der Waals surface area (Å²) in [5.41, 5.74) is 12.3. The number of rotatable bonds is 1. The van der Waals surface area contributed by atoms with Crippen LogP contribution in [0.5, 0.6) is 5.88 Å². The van der Waals surface area contributed by atoms with Gasteiger partial charge in [0.15, 0.2) is 5.82 Å². The van der Waals surface area contributed by atoms with Gasteiger partial charge in [-0.1, -0.05) is 29.8 Å². The SMILES string of the molecule is Cc1ccc2c(c1)[C@@H](C)Oc1nc(cnc1N)-c1cc(N=S(C)(C)=O)ccc1Cn1ccnc1-2. The van der Waals surface area contributed by atoms with Crippen molar-refractivity contribution < 1.29 is 8.95 Å². The van der Waals surface area contributed by atoms with Gasteiger partial charge in [0, 0.05) is 57.9 Å². The van der Waals surface area contributed by atoms with Crippen LogP contribution < -0.4 is 10.5 Å². The Hall–Kier alpha value is -3.72. The number of nitrogens with two attached hydrogens (primary N) is 1. The lowest BCUT2D eigenvalue weighted by atomic mass is 9.99. The van der Waals surface area contributed by atoms with Crippen molar-refractivity contribution in [2.24, 2.45) is 4.36 Å². The Labute approximate surface area is 199 Å². The first-order chi connectivity index (χ1) is 16.2. The van der Waals surface area contributed by atoms with Crippen molar-refractivity contribution in [2.45, 2.75) is 26.5 Å². The normalized spacial score (nSPS) is 15.1. The first-order valence-electron chi connectivity index (χ1n) is 10.9. The van der Waals surface area contributed by atoms with Crippen molar-refractivity contribution in [1.29, 1.82) is 0 Å². The first-order valence-corrected chi connectivity index (χ1v) is 13.2. The fraction of sp³-hybridized carbons (Fsp3) is 0.240. The zero-order chi connectivity index (χ0) is 24.0. The van der Waals surface area contributed by atoms with Gasteiger partial charge in [0.25, 0.3) is 5.88 Å². The molecule has 4 aromatic rings. The summed E-state index contributed by atoms with van der Waals surface area (Å²) in [4.78, 5) is 13.8. The van der Waals surface area contributed by atoms with Gasteiger partial charge in [0.1, 0.15) is 11.9 Å². The number of hydrogen-bond donors (Lipinski definition) is 1. The minimum atomic E-state index is -2.33. The Morgan fingerprint density at radius 2 is 1.97 bits per heavy atom. The van der Waals surface area contributed by atoms with E-state index in [1.807, 2.05) is 38.2 Å². The molecule has 1 aliphatic heterocycles. The number of ether oxygens (including phenoxy) is 1. The molecule has 174 valence electrons. The smallest absolute Gasteiger partial charge is 0.258 e. The number of nitrogens with zero attached hydrogens (tertiary/aromatic N) is 5. The Morgan fingerprint density at radius 3 is 2.76 bits per heavy atom. The highest BCUT2D eigenvalue weighted by atomic mass is 32.2. The molecule has 1 atom stereocenters. The molecule has 0 radical (unpaired) electrons. The summed E-state index contributed by atoms with van der Waals surface area (Å²) in [5, 5.41) is 0. The molecular formula is C25H26N6O2S. The summed E-state index contributed by atoms with van der Waals surface area (Å²) in [6.07, 6.45) is 8.28. The van der Waals surface area contributed by atoms with Crippen LogP contribution in [-0.4, -0.2) is 36.2 Å². The van der Waals surface area contributed by atoms with Gasteiger partial charge in [-0.05, 0) is 31.5 Å². The summed E-state index contributed by atoms with van der Waals surface area (Å²) >= 11 is 0. The van der Waals surface area contributed by atoms with Gasteiger partial charge in [0.2, 0.25) is 0 Å². The third kappa shape index (κ3) is 4.26. The van der Waals surface area contributed by atoms with Gasteiger partial charge < -0.3 is 15.0 Å². The van der Waals surface area contributed by atoms with Gasteiger partial charge in [-0.15, -0.1) is 0 Å². The van der Waals surface area contributed by atoms with Gasteiger partial charge in [0.05, 0.1) is 17.6 Å². The molecule has 8 nitrogen and oxygen atoms in total. The Kier molecular flexibility index (Phi) is 5.36. The van der Waals surface area contributed by atoms with Crippen LogP contribution in [0.1, 0.15) is 29.7 Å². The zero-order valence-electron chi connectivity index (χ0n) is 19.5. The van der Waals surface area contributed by atoms with Crippen LogP contribution in [0.4, 0.5) is 11.5 Å². The van der Waals surface area contributed by atoms with E-state index in [4.69, 9.17) is 15.5 Å². The van der Waals surface area contributed by atoms with Crippen LogP contribution >= 0.6 is 0 Å². The highest BCUT2D eigenvalue weighted by Crippen LogP contribution is 2.36. The molecule has 2 aromatic carbocycles. The molecule has 5 rings (SSSR count). The molecule has 0 saturated heterocycles. The molecule has 34 heavy (non-hydrogen) atoms. The van der Waals surface area contributed by atoms with Gasteiger partial charge >= 0.3 is 0 Å². The van der Waals surface area contributed by atoms with E-state index in [-0.39, 0.29) is 17.8 Å². The largest absolute Gasteiger partial charge is 0.467 e. The van der Waals surface area contributed by atoms with E-state index in [1.54, 1.807) is 24.9 Å². The van der Waals surface area contributed by atoms with Crippen LogP contribution in [-0.2, 0) is 16.3 Å². The van der Waals surface area contributed by atoms with Crippen molar-refractivity contribution in [2.75, 3.05) is 18.2 Å². The standard InChI is InChI=1S/C25H26N6O2S/c1-15-5-8-19-20(11-15)16(2)33-25-23(26)28-13-22(29-25)21-12-18(30-34(3,4)32)7-6-17(21)14-31-10-9-27-24(19)31/h5-13,16H,14H2,1-4H3,(H2,26,28)/t16-/m1/s1. The number of aryl methyl sites for hydroxylation is 1. The molecule has 2 N–H and O–H groups in total. The molecule has 3 heterocycles. The second-order valence-electron chi connectivity index (χ2n) is 8.79. The number of anilines is 1. The second-order valence-corrected chi connectivity index (χ2v) is 11.3. The predicted molar refractivity (Wildman–Crippen MR) is 135 cm³/mol. The summed E-state index contributed by atoms with van der Waals surface area (Å²) < 4.78 is 25.0. The molecule has 0 amide bonds. The minimum absolute atomic E-state index is 0.218. The summed E-state index contributed by atoms with van der Waals surface area (Å²) in [5.74, 6) is 1.33. The summed E-state index contributed by atoms with van der Waals surface area (Å²) in [6, 6.07) is 12.0. The first kappa shape index (κ1) is 22.1. The molecule has 2 aromatic heterocycles. The predicted octanol–water partition coefficient (Wildman–Crippen LogP) is 4.76. The van der Waals surface area contributed by atoms with Crippen molar-refractivity contribution in [3.63, 3.8) is 0 Å².